The van der Waals surface area contributed by atoms with Crippen LogP contribution in [0.3, 0.4) is 0 Å². The van der Waals surface area contributed by atoms with Crippen LogP contribution in [0.5, 0.6) is 0 Å². The minimum atomic E-state index is -4.57. The highest BCUT2D eigenvalue weighted by Crippen LogP contribution is 2.29. The minimum absolute atomic E-state index is 0. The predicted octanol–water partition coefficient (Wildman–Crippen LogP) is 1.52. The van der Waals surface area contributed by atoms with Crippen LogP contribution in [0, 0.1) is 0 Å². The Morgan fingerprint density at radius 1 is 1.53 bits per heavy atom. The number of likely N-dealkylation sites (tertiary alicyclic amines) is 1. The van der Waals surface area contributed by atoms with Crippen molar-refractivity contribution in [2.24, 2.45) is 0 Å². The van der Waals surface area contributed by atoms with Gasteiger partial charge in [-0.3, -0.25) is 4.79 Å². The first-order chi connectivity index (χ1) is 7.41. The number of amides is 1. The van der Waals surface area contributed by atoms with E-state index in [1.165, 1.54) is 0 Å². The molecule has 8 heteroatoms. The Bertz CT molecular complexity index is 265. The molecule has 1 unspecified atom stereocenters. The van der Waals surface area contributed by atoms with Crippen LogP contribution in [-0.2, 0) is 4.79 Å². The minimum Gasteiger partial charge on any atom is -0.333 e. The van der Waals surface area contributed by atoms with Gasteiger partial charge in [0.25, 0.3) is 5.91 Å². The van der Waals surface area contributed by atoms with Gasteiger partial charge in [-0.05, 0) is 19.9 Å². The fourth-order valence-electron chi connectivity index (χ4n) is 1.84. The molecule has 3 nitrogen and oxygen atoms in total. The topological polar surface area (TPSA) is 32.3 Å². The van der Waals surface area contributed by atoms with Crippen molar-refractivity contribution < 1.29 is 22.4 Å². The van der Waals surface area contributed by atoms with Gasteiger partial charge in [-0.1, -0.05) is 0 Å². The van der Waals surface area contributed by atoms with Gasteiger partial charge in [0.1, 0.15) is 0 Å². The Kier molecular flexibility index (Phi) is 6.18. The summed E-state index contributed by atoms with van der Waals surface area (Å²) in [5, 5.41) is 2.75. The number of halogens is 5. The van der Waals surface area contributed by atoms with Crippen molar-refractivity contribution >= 4 is 18.3 Å². The molecule has 1 aliphatic rings. The smallest absolute Gasteiger partial charge is 0.333 e. The van der Waals surface area contributed by atoms with Crippen LogP contribution < -0.4 is 5.32 Å². The first kappa shape index (κ1) is 16.4. The van der Waals surface area contributed by atoms with Crippen molar-refractivity contribution in [3.8, 4) is 0 Å². The number of nitrogens with one attached hydrogen (secondary N) is 1. The van der Waals surface area contributed by atoms with Crippen LogP contribution in [-0.4, -0.2) is 49.3 Å². The number of hydrogen-bond acceptors (Lipinski definition) is 2. The zero-order valence-electron chi connectivity index (χ0n) is 9.26. The molecule has 1 amide bonds. The van der Waals surface area contributed by atoms with E-state index in [-0.39, 0.29) is 19.0 Å². The van der Waals surface area contributed by atoms with Gasteiger partial charge in [-0.15, -0.1) is 12.4 Å². The highest BCUT2D eigenvalue weighted by Gasteiger charge is 2.52. The maximum Gasteiger partial charge on any atom is 0.383 e. The summed E-state index contributed by atoms with van der Waals surface area (Å²) in [6.45, 7) is 0.457. The quantitative estimate of drug-likeness (QED) is 0.791. The number of carbonyl (C=O) groups is 1. The van der Waals surface area contributed by atoms with Gasteiger partial charge in [0, 0.05) is 19.1 Å². The largest absolute Gasteiger partial charge is 0.383 e. The molecule has 1 aliphatic heterocycles. The molecule has 0 aromatic carbocycles. The standard InChI is InChI=1S/C9H14F4N2O.ClH/c1-14-5-6-3-2-4-15(6)8(16)9(12,13)7(10)11;/h6-7,14H,2-5H2,1H3;1H. The lowest BCUT2D eigenvalue weighted by atomic mass is 10.2. The van der Waals surface area contributed by atoms with E-state index in [4.69, 9.17) is 0 Å². The summed E-state index contributed by atoms with van der Waals surface area (Å²) in [6, 6.07) is -0.415. The third-order valence-electron chi connectivity index (χ3n) is 2.64. The van der Waals surface area contributed by atoms with Crippen molar-refractivity contribution in [3.05, 3.63) is 0 Å². The zero-order valence-corrected chi connectivity index (χ0v) is 10.1. The zero-order chi connectivity index (χ0) is 12.3. The van der Waals surface area contributed by atoms with Gasteiger partial charge in [-0.2, -0.15) is 8.78 Å². The average molecular weight is 279 g/mol. The van der Waals surface area contributed by atoms with Gasteiger partial charge in [0.05, 0.1) is 0 Å². The van der Waals surface area contributed by atoms with Gasteiger partial charge in [0.2, 0.25) is 0 Å². The first-order valence-electron chi connectivity index (χ1n) is 5.03. The summed E-state index contributed by atoms with van der Waals surface area (Å²) in [4.78, 5) is 12.1. The van der Waals surface area contributed by atoms with E-state index in [1.54, 1.807) is 7.05 Å². The Hall–Kier alpha value is -0.560. The van der Waals surface area contributed by atoms with Crippen LogP contribution in [0.25, 0.3) is 0 Å². The lowest BCUT2D eigenvalue weighted by Gasteiger charge is -2.28. The molecule has 1 heterocycles. The van der Waals surface area contributed by atoms with E-state index in [2.05, 4.69) is 5.32 Å². The SMILES string of the molecule is CNCC1CCCN1C(=O)C(F)(F)C(F)F.Cl. The summed E-state index contributed by atoms with van der Waals surface area (Å²) < 4.78 is 49.7. The third-order valence-corrected chi connectivity index (χ3v) is 2.64. The van der Waals surface area contributed by atoms with Gasteiger partial charge in [-0.25, -0.2) is 8.78 Å². The lowest BCUT2D eigenvalue weighted by Crippen LogP contribution is -2.51. The van der Waals surface area contributed by atoms with Crippen LogP contribution in [0.1, 0.15) is 12.8 Å². The van der Waals surface area contributed by atoms with Gasteiger partial charge >= 0.3 is 12.3 Å². The summed E-state index contributed by atoms with van der Waals surface area (Å²) in [5.74, 6) is -6.34. The van der Waals surface area contributed by atoms with Gasteiger partial charge < -0.3 is 10.2 Å². The van der Waals surface area contributed by atoms with Crippen molar-refractivity contribution in [2.75, 3.05) is 20.1 Å². The predicted molar refractivity (Wildman–Crippen MR) is 56.9 cm³/mol. The molecule has 0 aliphatic carbocycles. The molecule has 102 valence electrons. The van der Waals surface area contributed by atoms with Crippen molar-refractivity contribution in [1.29, 1.82) is 0 Å². The Labute approximate surface area is 103 Å². The Morgan fingerprint density at radius 2 is 2.12 bits per heavy atom. The van der Waals surface area contributed by atoms with Gasteiger partial charge in [0.15, 0.2) is 0 Å². The first-order valence-corrected chi connectivity index (χ1v) is 5.03. The Balaban J connectivity index is 0.00000256. The van der Waals surface area contributed by atoms with Crippen molar-refractivity contribution in [3.63, 3.8) is 0 Å². The van der Waals surface area contributed by atoms with E-state index in [0.717, 1.165) is 4.90 Å². The van der Waals surface area contributed by atoms with Crippen LogP contribution in [0.4, 0.5) is 17.6 Å². The summed E-state index contributed by atoms with van der Waals surface area (Å²) in [6.07, 6.45) is -2.82. The molecule has 1 rings (SSSR count). The number of rotatable bonds is 4. The van der Waals surface area contributed by atoms with E-state index in [0.29, 0.717) is 19.4 Å². The molecule has 0 bridgehead atoms. The molecule has 0 radical (unpaired) electrons. The fraction of sp³-hybridized carbons (Fsp3) is 0.889. The second-order valence-electron chi connectivity index (χ2n) is 3.78. The molecular weight excluding hydrogens is 264 g/mol. The molecule has 0 aromatic rings. The van der Waals surface area contributed by atoms with E-state index >= 15 is 0 Å². The molecule has 17 heavy (non-hydrogen) atoms. The molecule has 0 aromatic heterocycles. The molecular formula is C9H15ClF4N2O. The van der Waals surface area contributed by atoms with Crippen LogP contribution in [0.2, 0.25) is 0 Å². The van der Waals surface area contributed by atoms with Crippen molar-refractivity contribution in [2.45, 2.75) is 31.2 Å². The molecule has 1 fully saturated rings. The van der Waals surface area contributed by atoms with E-state index in [1.807, 2.05) is 0 Å². The highest BCUT2D eigenvalue weighted by molar-refractivity contribution is 5.85. The number of hydrogen-bond donors (Lipinski definition) is 1. The van der Waals surface area contributed by atoms with E-state index < -0.39 is 24.3 Å². The highest BCUT2D eigenvalue weighted by atomic mass is 35.5. The fourth-order valence-corrected chi connectivity index (χ4v) is 1.84. The summed E-state index contributed by atoms with van der Waals surface area (Å²) in [7, 11) is 1.62. The second-order valence-corrected chi connectivity index (χ2v) is 3.78. The number of nitrogens with zero attached hydrogens (tertiary/aromatic N) is 1. The number of carbonyl (C=O) groups excluding carboxylic acids is 1. The van der Waals surface area contributed by atoms with Crippen LogP contribution in [0.15, 0.2) is 0 Å². The summed E-state index contributed by atoms with van der Waals surface area (Å²) in [5.41, 5.74) is 0. The second kappa shape index (κ2) is 6.39. The van der Waals surface area contributed by atoms with E-state index in [9.17, 15) is 22.4 Å². The normalized spacial score (nSPS) is 20.6. The molecule has 1 saturated heterocycles. The number of alkyl halides is 4. The van der Waals surface area contributed by atoms with Crippen molar-refractivity contribution in [1.82, 2.24) is 10.2 Å². The molecule has 1 atom stereocenters. The third kappa shape index (κ3) is 3.45. The molecule has 0 saturated carbocycles. The van der Waals surface area contributed by atoms with Crippen LogP contribution >= 0.6 is 12.4 Å². The lowest BCUT2D eigenvalue weighted by molar-refractivity contribution is -0.181. The average Bonchev–Trinajstić information content (AvgIpc) is 2.65. The Morgan fingerprint density at radius 3 is 2.59 bits per heavy atom. The number of likely N-dealkylation sites (N-methyl/N-ethyl adjacent to an activating group) is 1. The maximum absolute atomic E-state index is 12.8. The monoisotopic (exact) mass is 278 g/mol. The summed E-state index contributed by atoms with van der Waals surface area (Å²) >= 11 is 0. The molecule has 0 spiro atoms. The molecule has 1 N–H and O–H groups in total. The maximum atomic E-state index is 12.8.